The maximum Gasteiger partial charge on any atom is 0.0990 e. The Morgan fingerprint density at radius 1 is 1.39 bits per heavy atom. The molecule has 3 atom stereocenters. The van der Waals surface area contributed by atoms with Crippen LogP contribution in [-0.2, 0) is 0 Å². The molecular formula is C13H21N3O2. The summed E-state index contributed by atoms with van der Waals surface area (Å²) in [4.78, 5) is 6.37. The Labute approximate surface area is 107 Å². The number of hydrogen-bond donors (Lipinski definition) is 3. The largest absolute Gasteiger partial charge is 0.389 e. The Hall–Kier alpha value is -1.17. The van der Waals surface area contributed by atoms with Crippen molar-refractivity contribution in [3.8, 4) is 0 Å². The van der Waals surface area contributed by atoms with Crippen LogP contribution in [0.4, 0.5) is 5.69 Å². The summed E-state index contributed by atoms with van der Waals surface area (Å²) in [5.74, 6) is 0. The van der Waals surface area contributed by atoms with Crippen molar-refractivity contribution in [3.05, 3.63) is 24.0 Å². The minimum absolute atomic E-state index is 0.235. The average Bonchev–Trinajstić information content (AvgIpc) is 2.70. The first-order chi connectivity index (χ1) is 8.61. The number of β-amino-alcohol motifs (C(OH)–C–C–N with tert-alkyl or cyclic N) is 2. The fourth-order valence-corrected chi connectivity index (χ4v) is 2.23. The van der Waals surface area contributed by atoms with Crippen molar-refractivity contribution in [2.24, 2.45) is 0 Å². The van der Waals surface area contributed by atoms with Crippen LogP contribution in [0.15, 0.2) is 18.3 Å². The lowest BCUT2D eigenvalue weighted by Gasteiger charge is -2.18. The molecule has 0 aliphatic carbocycles. The molecule has 0 bridgehead atoms. The summed E-state index contributed by atoms with van der Waals surface area (Å²) in [5.41, 5.74) is 1.94. The van der Waals surface area contributed by atoms with Crippen LogP contribution in [0.3, 0.4) is 0 Å². The zero-order chi connectivity index (χ0) is 13.1. The van der Waals surface area contributed by atoms with Gasteiger partial charge in [0.2, 0.25) is 0 Å². The normalized spacial score (nSPS) is 25.4. The lowest BCUT2D eigenvalue weighted by Crippen LogP contribution is -2.22. The molecule has 1 aromatic rings. The van der Waals surface area contributed by atoms with Gasteiger partial charge in [-0.15, -0.1) is 0 Å². The summed E-state index contributed by atoms with van der Waals surface area (Å²) in [7, 11) is 0. The van der Waals surface area contributed by atoms with E-state index in [2.05, 4.69) is 24.1 Å². The van der Waals surface area contributed by atoms with E-state index < -0.39 is 12.2 Å². The van der Waals surface area contributed by atoms with Crippen molar-refractivity contribution >= 4 is 5.69 Å². The summed E-state index contributed by atoms with van der Waals surface area (Å²) in [6.07, 6.45) is 0.476. The van der Waals surface area contributed by atoms with E-state index in [-0.39, 0.29) is 6.04 Å². The first-order valence-electron chi connectivity index (χ1n) is 6.42. The van der Waals surface area contributed by atoms with E-state index in [9.17, 15) is 10.2 Å². The molecule has 2 rings (SSSR count). The van der Waals surface area contributed by atoms with Crippen LogP contribution in [-0.4, -0.2) is 47.0 Å². The second kappa shape index (κ2) is 5.65. The van der Waals surface area contributed by atoms with Crippen molar-refractivity contribution in [3.63, 3.8) is 0 Å². The van der Waals surface area contributed by atoms with Gasteiger partial charge >= 0.3 is 0 Å². The monoisotopic (exact) mass is 251 g/mol. The quantitative estimate of drug-likeness (QED) is 0.718. The highest BCUT2D eigenvalue weighted by Crippen LogP contribution is 2.21. The van der Waals surface area contributed by atoms with E-state index in [0.29, 0.717) is 13.1 Å². The van der Waals surface area contributed by atoms with Gasteiger partial charge in [-0.2, -0.15) is 0 Å². The molecule has 1 aromatic heterocycles. The summed E-state index contributed by atoms with van der Waals surface area (Å²) < 4.78 is 0. The van der Waals surface area contributed by atoms with Gasteiger partial charge in [-0.3, -0.25) is 4.98 Å². The molecule has 18 heavy (non-hydrogen) atoms. The average molecular weight is 251 g/mol. The number of nitrogens with one attached hydrogen (secondary N) is 1. The molecule has 0 spiro atoms. The highest BCUT2D eigenvalue weighted by Gasteiger charge is 2.29. The molecule has 0 amide bonds. The molecule has 0 saturated carbocycles. The van der Waals surface area contributed by atoms with Crippen molar-refractivity contribution in [2.45, 2.75) is 32.1 Å². The Balaban J connectivity index is 2.04. The maximum atomic E-state index is 9.52. The fourth-order valence-electron chi connectivity index (χ4n) is 2.23. The number of aromatic nitrogens is 1. The van der Waals surface area contributed by atoms with Crippen molar-refractivity contribution < 1.29 is 10.2 Å². The summed E-state index contributed by atoms with van der Waals surface area (Å²) >= 11 is 0. The third-order valence-corrected chi connectivity index (χ3v) is 3.35. The predicted molar refractivity (Wildman–Crippen MR) is 70.6 cm³/mol. The third kappa shape index (κ3) is 2.80. The van der Waals surface area contributed by atoms with Crippen LogP contribution < -0.4 is 10.2 Å². The van der Waals surface area contributed by atoms with Crippen LogP contribution in [0, 0.1) is 0 Å². The first-order valence-corrected chi connectivity index (χ1v) is 6.42. The van der Waals surface area contributed by atoms with Gasteiger partial charge in [0.1, 0.15) is 0 Å². The minimum atomic E-state index is -0.662. The van der Waals surface area contributed by atoms with E-state index in [1.165, 1.54) is 0 Å². The molecule has 1 saturated heterocycles. The summed E-state index contributed by atoms with van der Waals surface area (Å²) in [5, 5.41) is 22.3. The molecule has 2 heterocycles. The smallest absolute Gasteiger partial charge is 0.0990 e. The second-order valence-corrected chi connectivity index (χ2v) is 4.76. The Bertz CT molecular complexity index is 372. The number of hydrogen-bond acceptors (Lipinski definition) is 5. The van der Waals surface area contributed by atoms with Crippen molar-refractivity contribution in [1.82, 2.24) is 10.3 Å². The molecule has 3 unspecified atom stereocenters. The Morgan fingerprint density at radius 2 is 2.06 bits per heavy atom. The number of aliphatic hydroxyl groups excluding tert-OH is 2. The number of anilines is 1. The molecule has 0 aromatic carbocycles. The van der Waals surface area contributed by atoms with Gasteiger partial charge < -0.3 is 20.4 Å². The van der Waals surface area contributed by atoms with Gasteiger partial charge in [-0.25, -0.2) is 0 Å². The SMILES string of the molecule is CCNC(C)c1ccc(N2CC(O)C(O)C2)cn1. The molecular weight excluding hydrogens is 230 g/mol. The minimum Gasteiger partial charge on any atom is -0.389 e. The van der Waals surface area contributed by atoms with Gasteiger partial charge in [0.05, 0.1) is 29.8 Å². The molecule has 1 fully saturated rings. The summed E-state index contributed by atoms with van der Waals surface area (Å²) in [6.45, 7) is 5.98. The van der Waals surface area contributed by atoms with E-state index in [1.54, 1.807) is 6.20 Å². The van der Waals surface area contributed by atoms with Gasteiger partial charge in [0.15, 0.2) is 0 Å². The molecule has 0 radical (unpaired) electrons. The van der Waals surface area contributed by atoms with Crippen molar-refractivity contribution in [2.75, 3.05) is 24.5 Å². The van der Waals surface area contributed by atoms with Crippen LogP contribution >= 0.6 is 0 Å². The Kier molecular flexibility index (Phi) is 4.16. The molecule has 100 valence electrons. The molecule has 5 heteroatoms. The molecule has 3 N–H and O–H groups in total. The zero-order valence-electron chi connectivity index (χ0n) is 10.9. The lowest BCUT2D eigenvalue weighted by molar-refractivity contribution is 0.0572. The van der Waals surface area contributed by atoms with Gasteiger partial charge in [0, 0.05) is 19.1 Å². The second-order valence-electron chi connectivity index (χ2n) is 4.76. The van der Waals surface area contributed by atoms with Crippen LogP contribution in [0.2, 0.25) is 0 Å². The molecule has 1 aliphatic rings. The predicted octanol–water partition coefficient (Wildman–Crippen LogP) is 0.294. The maximum absolute atomic E-state index is 9.52. The van der Waals surface area contributed by atoms with E-state index >= 15 is 0 Å². The summed E-state index contributed by atoms with van der Waals surface area (Å²) in [6, 6.07) is 4.21. The number of pyridine rings is 1. The standard InChI is InChI=1S/C13H21N3O2/c1-3-14-9(2)11-5-4-10(6-15-11)16-7-12(17)13(18)8-16/h4-6,9,12-14,17-18H,3,7-8H2,1-2H3. The highest BCUT2D eigenvalue weighted by atomic mass is 16.3. The topological polar surface area (TPSA) is 68.6 Å². The van der Waals surface area contributed by atoms with Gasteiger partial charge in [-0.05, 0) is 25.6 Å². The third-order valence-electron chi connectivity index (χ3n) is 3.35. The van der Waals surface area contributed by atoms with Gasteiger partial charge in [0.25, 0.3) is 0 Å². The molecule has 1 aliphatic heterocycles. The Morgan fingerprint density at radius 3 is 2.56 bits per heavy atom. The first kappa shape index (κ1) is 13.3. The van der Waals surface area contributed by atoms with Crippen LogP contribution in [0.5, 0.6) is 0 Å². The van der Waals surface area contributed by atoms with E-state index in [1.807, 2.05) is 17.0 Å². The lowest BCUT2D eigenvalue weighted by atomic mass is 10.2. The number of rotatable bonds is 4. The number of nitrogens with zero attached hydrogens (tertiary/aromatic N) is 2. The van der Waals surface area contributed by atoms with Crippen molar-refractivity contribution in [1.29, 1.82) is 0 Å². The van der Waals surface area contributed by atoms with Crippen LogP contribution in [0.1, 0.15) is 25.6 Å². The highest BCUT2D eigenvalue weighted by molar-refractivity contribution is 5.46. The van der Waals surface area contributed by atoms with E-state index in [0.717, 1.165) is 17.9 Å². The van der Waals surface area contributed by atoms with E-state index in [4.69, 9.17) is 0 Å². The number of aliphatic hydroxyl groups is 2. The molecule has 5 nitrogen and oxygen atoms in total. The zero-order valence-corrected chi connectivity index (χ0v) is 10.9. The van der Waals surface area contributed by atoms with Crippen LogP contribution in [0.25, 0.3) is 0 Å². The fraction of sp³-hybridized carbons (Fsp3) is 0.615. The van der Waals surface area contributed by atoms with Gasteiger partial charge in [-0.1, -0.05) is 6.92 Å².